The predicted octanol–water partition coefficient (Wildman–Crippen LogP) is 3.49. The highest BCUT2D eigenvalue weighted by atomic mass is 16.2. The van der Waals surface area contributed by atoms with Gasteiger partial charge in [0.2, 0.25) is 5.91 Å². The van der Waals surface area contributed by atoms with Crippen LogP contribution in [0.2, 0.25) is 0 Å². The van der Waals surface area contributed by atoms with Crippen molar-refractivity contribution in [2.75, 3.05) is 13.1 Å². The molecular formula is C21H33N3O2. The zero-order valence-electron chi connectivity index (χ0n) is 16.1. The molecule has 5 rings (SSSR count). The van der Waals surface area contributed by atoms with E-state index in [1.807, 2.05) is 0 Å². The average molecular weight is 360 g/mol. The lowest BCUT2D eigenvalue weighted by Gasteiger charge is -2.57. The maximum absolute atomic E-state index is 12.2. The molecule has 5 heteroatoms. The third kappa shape index (κ3) is 3.96. The molecule has 0 aromatic heterocycles. The van der Waals surface area contributed by atoms with Gasteiger partial charge in [0, 0.05) is 18.7 Å². The summed E-state index contributed by atoms with van der Waals surface area (Å²) >= 11 is 0. The second-order valence-corrected chi connectivity index (χ2v) is 9.60. The van der Waals surface area contributed by atoms with Gasteiger partial charge in [-0.3, -0.25) is 9.59 Å². The molecule has 1 heterocycles. The molecule has 26 heavy (non-hydrogen) atoms. The third-order valence-electron chi connectivity index (χ3n) is 7.17. The van der Waals surface area contributed by atoms with Gasteiger partial charge >= 0.3 is 0 Å². The van der Waals surface area contributed by atoms with Crippen molar-refractivity contribution in [2.24, 2.45) is 28.3 Å². The zero-order valence-corrected chi connectivity index (χ0v) is 16.1. The Kier molecular flexibility index (Phi) is 5.07. The van der Waals surface area contributed by atoms with E-state index in [1.54, 1.807) is 4.90 Å². The first-order chi connectivity index (χ1) is 12.5. The largest absolute Gasteiger partial charge is 0.333 e. The first-order valence-electron chi connectivity index (χ1n) is 10.6. The van der Waals surface area contributed by atoms with Crippen LogP contribution in [0, 0.1) is 23.2 Å². The van der Waals surface area contributed by atoms with E-state index < -0.39 is 0 Å². The van der Waals surface area contributed by atoms with E-state index in [9.17, 15) is 9.59 Å². The predicted molar refractivity (Wildman–Crippen MR) is 102 cm³/mol. The SMILES string of the molecule is CC(CC12CC3CC(CC(C3)C1)C2)=NNC(=O)CN1CCCCCC1=O. The van der Waals surface area contributed by atoms with Gasteiger partial charge in [-0.25, -0.2) is 5.43 Å². The van der Waals surface area contributed by atoms with E-state index in [2.05, 4.69) is 17.5 Å². The zero-order chi connectivity index (χ0) is 18.1. The second kappa shape index (κ2) is 7.32. The molecule has 1 saturated heterocycles. The topological polar surface area (TPSA) is 61.8 Å². The van der Waals surface area contributed by atoms with Crippen LogP contribution in [0.5, 0.6) is 0 Å². The van der Waals surface area contributed by atoms with Crippen LogP contribution in [-0.2, 0) is 9.59 Å². The summed E-state index contributed by atoms with van der Waals surface area (Å²) in [5.41, 5.74) is 4.20. The van der Waals surface area contributed by atoms with E-state index in [-0.39, 0.29) is 18.4 Å². The van der Waals surface area contributed by atoms with Crippen molar-refractivity contribution in [2.45, 2.75) is 77.6 Å². The Hall–Kier alpha value is -1.39. The standard InChI is InChI=1S/C21H33N3O2/c1-15(10-21-11-16-7-17(12-21)9-18(8-16)13-21)22-23-19(25)14-24-6-4-2-3-5-20(24)26/h16-18H,2-14H2,1H3,(H,23,25). The number of amides is 2. The molecule has 4 saturated carbocycles. The van der Waals surface area contributed by atoms with E-state index in [0.717, 1.165) is 49.1 Å². The van der Waals surface area contributed by atoms with E-state index in [4.69, 9.17) is 0 Å². The molecule has 1 aliphatic heterocycles. The molecule has 0 aromatic carbocycles. The summed E-state index contributed by atoms with van der Waals surface area (Å²) in [7, 11) is 0. The molecule has 4 aliphatic carbocycles. The third-order valence-corrected chi connectivity index (χ3v) is 7.17. The molecule has 0 aromatic rings. The van der Waals surface area contributed by atoms with Crippen molar-refractivity contribution in [1.29, 1.82) is 0 Å². The van der Waals surface area contributed by atoms with Crippen molar-refractivity contribution in [1.82, 2.24) is 10.3 Å². The summed E-state index contributed by atoms with van der Waals surface area (Å²) in [6, 6.07) is 0. The van der Waals surface area contributed by atoms with E-state index >= 15 is 0 Å². The molecule has 144 valence electrons. The van der Waals surface area contributed by atoms with Gasteiger partial charge in [-0.15, -0.1) is 0 Å². The van der Waals surface area contributed by atoms with Gasteiger partial charge < -0.3 is 4.90 Å². The maximum Gasteiger partial charge on any atom is 0.259 e. The van der Waals surface area contributed by atoms with E-state index in [1.165, 1.54) is 38.5 Å². The van der Waals surface area contributed by atoms with Crippen LogP contribution in [0.3, 0.4) is 0 Å². The minimum Gasteiger partial charge on any atom is -0.333 e. The highest BCUT2D eigenvalue weighted by Gasteiger charge is 2.50. The van der Waals surface area contributed by atoms with Crippen LogP contribution in [0.4, 0.5) is 0 Å². The first-order valence-corrected chi connectivity index (χ1v) is 10.6. The quantitative estimate of drug-likeness (QED) is 0.603. The van der Waals surface area contributed by atoms with Crippen LogP contribution in [0.25, 0.3) is 0 Å². The summed E-state index contributed by atoms with van der Waals surface area (Å²) < 4.78 is 0. The Bertz CT molecular complexity index is 563. The number of hydrogen-bond donors (Lipinski definition) is 1. The van der Waals surface area contributed by atoms with Gasteiger partial charge in [-0.2, -0.15) is 5.10 Å². The highest BCUT2D eigenvalue weighted by Crippen LogP contribution is 2.61. The molecule has 2 amide bonds. The molecule has 5 nitrogen and oxygen atoms in total. The van der Waals surface area contributed by atoms with Crippen molar-refractivity contribution < 1.29 is 9.59 Å². The summed E-state index contributed by atoms with van der Waals surface area (Å²) in [6.45, 7) is 2.89. The summed E-state index contributed by atoms with van der Waals surface area (Å²) in [5.74, 6) is 2.77. The lowest BCUT2D eigenvalue weighted by atomic mass is 9.48. The fourth-order valence-electron chi connectivity index (χ4n) is 6.66. The minimum atomic E-state index is -0.162. The van der Waals surface area contributed by atoms with E-state index in [0.29, 0.717) is 18.4 Å². The molecule has 0 radical (unpaired) electrons. The number of likely N-dealkylation sites (tertiary alicyclic amines) is 1. The molecule has 1 N–H and O–H groups in total. The lowest BCUT2D eigenvalue weighted by Crippen LogP contribution is -2.46. The smallest absolute Gasteiger partial charge is 0.259 e. The fourth-order valence-corrected chi connectivity index (χ4v) is 6.66. The number of hydrogen-bond acceptors (Lipinski definition) is 3. The lowest BCUT2D eigenvalue weighted by molar-refractivity contribution is -0.135. The van der Waals surface area contributed by atoms with Crippen LogP contribution >= 0.6 is 0 Å². The van der Waals surface area contributed by atoms with Gasteiger partial charge in [-0.1, -0.05) is 6.42 Å². The number of carbonyl (C=O) groups is 2. The molecule has 4 bridgehead atoms. The van der Waals surface area contributed by atoms with Crippen LogP contribution in [0.1, 0.15) is 77.6 Å². The number of hydrazone groups is 1. The van der Waals surface area contributed by atoms with Gasteiger partial charge in [0.15, 0.2) is 0 Å². The number of nitrogens with zero attached hydrogens (tertiary/aromatic N) is 2. The second-order valence-electron chi connectivity index (χ2n) is 9.60. The number of rotatable bonds is 5. The average Bonchev–Trinajstić information content (AvgIpc) is 2.76. The van der Waals surface area contributed by atoms with Crippen molar-refractivity contribution in [3.8, 4) is 0 Å². The first kappa shape index (κ1) is 18.0. The van der Waals surface area contributed by atoms with Crippen molar-refractivity contribution in [3.63, 3.8) is 0 Å². The highest BCUT2D eigenvalue weighted by molar-refractivity contribution is 5.87. The molecule has 5 aliphatic rings. The Balaban J connectivity index is 1.29. The monoisotopic (exact) mass is 359 g/mol. The summed E-state index contributed by atoms with van der Waals surface area (Å²) in [4.78, 5) is 25.9. The van der Waals surface area contributed by atoms with Crippen LogP contribution < -0.4 is 5.43 Å². The maximum atomic E-state index is 12.2. The minimum absolute atomic E-state index is 0.104. The Morgan fingerprint density at radius 1 is 1.12 bits per heavy atom. The van der Waals surface area contributed by atoms with Crippen molar-refractivity contribution >= 4 is 17.5 Å². The van der Waals surface area contributed by atoms with Gasteiger partial charge in [0.05, 0.1) is 0 Å². The molecule has 5 fully saturated rings. The Labute approximate surface area is 157 Å². The van der Waals surface area contributed by atoms with Crippen LogP contribution in [-0.4, -0.2) is 35.5 Å². The molecule has 0 atom stereocenters. The molecular weight excluding hydrogens is 326 g/mol. The number of carbonyl (C=O) groups excluding carboxylic acids is 2. The molecule has 0 spiro atoms. The Morgan fingerprint density at radius 2 is 1.77 bits per heavy atom. The normalized spacial score (nSPS) is 37.0. The fraction of sp³-hybridized carbons (Fsp3) is 0.857. The van der Waals surface area contributed by atoms with Gasteiger partial charge in [0.25, 0.3) is 5.91 Å². The summed E-state index contributed by atoms with van der Waals surface area (Å²) in [5, 5.41) is 4.39. The Morgan fingerprint density at radius 3 is 2.42 bits per heavy atom. The van der Waals surface area contributed by atoms with Crippen LogP contribution in [0.15, 0.2) is 5.10 Å². The number of nitrogens with one attached hydrogen (secondary N) is 1. The molecule has 0 unspecified atom stereocenters. The van der Waals surface area contributed by atoms with Crippen molar-refractivity contribution in [3.05, 3.63) is 0 Å². The van der Waals surface area contributed by atoms with Gasteiger partial charge in [-0.05, 0) is 87.9 Å². The van der Waals surface area contributed by atoms with Gasteiger partial charge in [0.1, 0.15) is 6.54 Å². The summed E-state index contributed by atoms with van der Waals surface area (Å²) in [6.07, 6.45) is 13.1.